The number of benzene rings is 1. The number of hydrogen-bond donors (Lipinski definition) is 0. The van der Waals surface area contributed by atoms with Crippen LogP contribution < -0.4 is 0 Å². The number of aryl methyl sites for hydroxylation is 1. The molecule has 1 aromatic heterocycles. The first-order valence-electron chi connectivity index (χ1n) is 7.92. The predicted octanol–water partition coefficient (Wildman–Crippen LogP) is 3.68. The predicted molar refractivity (Wildman–Crippen MR) is 94.3 cm³/mol. The minimum Gasteiger partial charge on any atom is -0.461 e. The largest absolute Gasteiger partial charge is 0.461 e. The molecule has 0 aliphatic rings. The Morgan fingerprint density at radius 3 is 2.62 bits per heavy atom. The summed E-state index contributed by atoms with van der Waals surface area (Å²) in [4.78, 5) is 30.6. The lowest BCUT2D eigenvalue weighted by Crippen LogP contribution is -2.36. The number of carbonyl (C=O) groups excluding carboxylic acids is 2. The van der Waals surface area contributed by atoms with Gasteiger partial charge in [-0.05, 0) is 39.3 Å². The summed E-state index contributed by atoms with van der Waals surface area (Å²) in [6.45, 7) is 8.30. The lowest BCUT2D eigenvalue weighted by atomic mass is 10.1. The van der Waals surface area contributed by atoms with Gasteiger partial charge in [-0.3, -0.25) is 4.79 Å². The SMILES string of the molecule is CCOC(=O)c1csc(CN(C(=O)c2ccccc2C)C(C)C)n1. The monoisotopic (exact) mass is 346 g/mol. The Kier molecular flexibility index (Phi) is 6.09. The van der Waals surface area contributed by atoms with Gasteiger partial charge < -0.3 is 9.64 Å². The Morgan fingerprint density at radius 2 is 2.00 bits per heavy atom. The van der Waals surface area contributed by atoms with E-state index in [1.165, 1.54) is 11.3 Å². The van der Waals surface area contributed by atoms with E-state index < -0.39 is 5.97 Å². The van der Waals surface area contributed by atoms with Gasteiger partial charge in [0, 0.05) is 17.0 Å². The summed E-state index contributed by atoms with van der Waals surface area (Å²) in [6.07, 6.45) is 0. The Bertz CT molecular complexity index is 725. The number of thiazole rings is 1. The Labute approximate surface area is 146 Å². The van der Waals surface area contributed by atoms with Crippen molar-refractivity contribution < 1.29 is 14.3 Å². The van der Waals surface area contributed by atoms with E-state index in [4.69, 9.17) is 4.74 Å². The van der Waals surface area contributed by atoms with E-state index in [-0.39, 0.29) is 11.9 Å². The van der Waals surface area contributed by atoms with Crippen molar-refractivity contribution in [3.05, 3.63) is 51.5 Å². The van der Waals surface area contributed by atoms with Crippen molar-refractivity contribution in [3.63, 3.8) is 0 Å². The van der Waals surface area contributed by atoms with E-state index in [1.54, 1.807) is 17.2 Å². The zero-order valence-corrected chi connectivity index (χ0v) is 15.2. The van der Waals surface area contributed by atoms with Gasteiger partial charge >= 0.3 is 5.97 Å². The smallest absolute Gasteiger partial charge is 0.357 e. The van der Waals surface area contributed by atoms with Gasteiger partial charge in [0.05, 0.1) is 13.2 Å². The zero-order valence-electron chi connectivity index (χ0n) is 14.4. The molecule has 0 bridgehead atoms. The van der Waals surface area contributed by atoms with Gasteiger partial charge in [-0.1, -0.05) is 18.2 Å². The number of ether oxygens (including phenoxy) is 1. The molecule has 0 radical (unpaired) electrons. The van der Waals surface area contributed by atoms with Crippen LogP contribution in [0.3, 0.4) is 0 Å². The first-order valence-corrected chi connectivity index (χ1v) is 8.80. The highest BCUT2D eigenvalue weighted by Crippen LogP contribution is 2.18. The minimum absolute atomic E-state index is 0.0204. The van der Waals surface area contributed by atoms with Gasteiger partial charge in [0.15, 0.2) is 5.69 Å². The van der Waals surface area contributed by atoms with E-state index in [0.29, 0.717) is 29.4 Å². The third-order valence-electron chi connectivity index (χ3n) is 3.60. The second-order valence-electron chi connectivity index (χ2n) is 5.69. The molecular formula is C18H22N2O3S. The van der Waals surface area contributed by atoms with Crippen molar-refractivity contribution in [2.24, 2.45) is 0 Å². The maximum Gasteiger partial charge on any atom is 0.357 e. The lowest BCUT2D eigenvalue weighted by molar-refractivity contribution is 0.0520. The fraction of sp³-hybridized carbons (Fsp3) is 0.389. The molecule has 0 unspecified atom stereocenters. The molecule has 0 aliphatic heterocycles. The molecule has 0 saturated heterocycles. The third-order valence-corrected chi connectivity index (χ3v) is 4.44. The van der Waals surface area contributed by atoms with E-state index in [2.05, 4.69) is 4.98 Å². The highest BCUT2D eigenvalue weighted by atomic mass is 32.1. The van der Waals surface area contributed by atoms with Crippen molar-refractivity contribution in [3.8, 4) is 0 Å². The maximum absolute atomic E-state index is 12.9. The normalized spacial score (nSPS) is 10.7. The van der Waals surface area contributed by atoms with Gasteiger partial charge in [-0.2, -0.15) is 0 Å². The Hall–Kier alpha value is -2.21. The summed E-state index contributed by atoms with van der Waals surface area (Å²) in [5, 5.41) is 2.39. The average Bonchev–Trinajstić information content (AvgIpc) is 3.01. The number of esters is 1. The number of aromatic nitrogens is 1. The molecular weight excluding hydrogens is 324 g/mol. The summed E-state index contributed by atoms with van der Waals surface area (Å²) in [7, 11) is 0. The first-order chi connectivity index (χ1) is 11.4. The highest BCUT2D eigenvalue weighted by Gasteiger charge is 2.22. The quantitative estimate of drug-likeness (QED) is 0.749. The first kappa shape index (κ1) is 18.1. The number of carbonyl (C=O) groups is 2. The van der Waals surface area contributed by atoms with Crippen LogP contribution in [0.4, 0.5) is 0 Å². The summed E-state index contributed by atoms with van der Waals surface area (Å²) >= 11 is 1.36. The Morgan fingerprint density at radius 1 is 1.29 bits per heavy atom. The fourth-order valence-electron chi connectivity index (χ4n) is 2.28. The van der Waals surface area contributed by atoms with Crippen LogP contribution in [-0.2, 0) is 11.3 Å². The van der Waals surface area contributed by atoms with E-state index in [9.17, 15) is 9.59 Å². The van der Waals surface area contributed by atoms with Gasteiger partial charge in [0.2, 0.25) is 0 Å². The molecule has 128 valence electrons. The molecule has 0 saturated carbocycles. The van der Waals surface area contributed by atoms with Crippen LogP contribution in [0.25, 0.3) is 0 Å². The second kappa shape index (κ2) is 8.06. The molecule has 0 N–H and O–H groups in total. The summed E-state index contributed by atoms with van der Waals surface area (Å²) in [5.74, 6) is -0.461. The van der Waals surface area contributed by atoms with E-state index in [1.807, 2.05) is 45.0 Å². The van der Waals surface area contributed by atoms with Gasteiger partial charge in [-0.25, -0.2) is 9.78 Å². The molecule has 24 heavy (non-hydrogen) atoms. The molecule has 1 heterocycles. The number of amides is 1. The maximum atomic E-state index is 12.9. The van der Waals surface area contributed by atoms with Crippen molar-refractivity contribution in [1.29, 1.82) is 0 Å². The standard InChI is InChI=1S/C18H22N2O3S/c1-5-23-18(22)15-11-24-16(19-15)10-20(12(2)3)17(21)14-9-7-6-8-13(14)4/h6-9,11-12H,5,10H2,1-4H3. The van der Waals surface area contributed by atoms with Crippen LogP contribution in [0.15, 0.2) is 29.6 Å². The molecule has 0 spiro atoms. The molecule has 0 fully saturated rings. The van der Waals surface area contributed by atoms with E-state index >= 15 is 0 Å². The van der Waals surface area contributed by atoms with Gasteiger partial charge in [-0.15, -0.1) is 11.3 Å². The Balaban J connectivity index is 2.19. The molecule has 6 heteroatoms. The summed E-state index contributed by atoms with van der Waals surface area (Å²) in [5.41, 5.74) is 1.93. The molecule has 2 aromatic rings. The third kappa shape index (κ3) is 4.20. The van der Waals surface area contributed by atoms with Crippen LogP contribution >= 0.6 is 11.3 Å². The summed E-state index contributed by atoms with van der Waals surface area (Å²) < 4.78 is 4.95. The van der Waals surface area contributed by atoms with Crippen LogP contribution in [0.1, 0.15) is 52.2 Å². The molecule has 1 aromatic carbocycles. The van der Waals surface area contributed by atoms with Crippen molar-refractivity contribution in [2.45, 2.75) is 40.3 Å². The second-order valence-corrected chi connectivity index (χ2v) is 6.63. The minimum atomic E-state index is -0.429. The number of nitrogens with zero attached hydrogens (tertiary/aromatic N) is 2. The lowest BCUT2D eigenvalue weighted by Gasteiger charge is -2.26. The number of hydrogen-bond acceptors (Lipinski definition) is 5. The van der Waals surface area contributed by atoms with Crippen molar-refractivity contribution in [2.75, 3.05) is 6.61 Å². The average molecular weight is 346 g/mol. The van der Waals surface area contributed by atoms with Crippen LogP contribution in [0.2, 0.25) is 0 Å². The number of rotatable bonds is 6. The van der Waals surface area contributed by atoms with Crippen LogP contribution in [0, 0.1) is 6.92 Å². The van der Waals surface area contributed by atoms with Gasteiger partial charge in [0.25, 0.3) is 5.91 Å². The zero-order chi connectivity index (χ0) is 17.7. The fourth-order valence-corrected chi connectivity index (χ4v) is 3.05. The topological polar surface area (TPSA) is 59.5 Å². The van der Waals surface area contributed by atoms with Crippen LogP contribution in [-0.4, -0.2) is 34.4 Å². The highest BCUT2D eigenvalue weighted by molar-refractivity contribution is 7.09. The molecule has 1 amide bonds. The molecule has 0 aliphatic carbocycles. The molecule has 0 atom stereocenters. The molecule has 5 nitrogen and oxygen atoms in total. The van der Waals surface area contributed by atoms with Crippen LogP contribution in [0.5, 0.6) is 0 Å². The van der Waals surface area contributed by atoms with Crippen molar-refractivity contribution >= 4 is 23.2 Å². The molecule has 2 rings (SSSR count). The van der Waals surface area contributed by atoms with Gasteiger partial charge in [0.1, 0.15) is 5.01 Å². The van der Waals surface area contributed by atoms with E-state index in [0.717, 1.165) is 5.56 Å². The summed E-state index contributed by atoms with van der Waals surface area (Å²) in [6, 6.07) is 7.55. The van der Waals surface area contributed by atoms with Crippen molar-refractivity contribution in [1.82, 2.24) is 9.88 Å².